The van der Waals surface area contributed by atoms with Crippen LogP contribution in [0.15, 0.2) is 54.6 Å². The molecule has 2 unspecified atom stereocenters. The molecule has 1 heterocycles. The lowest BCUT2D eigenvalue weighted by atomic mass is 9.93. The molecule has 0 aliphatic carbocycles. The number of hydrogen-bond donors (Lipinski definition) is 2. The fourth-order valence-corrected chi connectivity index (χ4v) is 4.54. The van der Waals surface area contributed by atoms with E-state index in [4.69, 9.17) is 0 Å². The number of piperidine rings is 1. The Balaban J connectivity index is 1.55. The zero-order valence-electron chi connectivity index (χ0n) is 20.7. The van der Waals surface area contributed by atoms with E-state index in [9.17, 15) is 14.4 Å². The summed E-state index contributed by atoms with van der Waals surface area (Å²) in [7, 11) is 0. The zero-order chi connectivity index (χ0) is 24.7. The second kappa shape index (κ2) is 11.8. The Labute approximate surface area is 203 Å². The van der Waals surface area contributed by atoms with Gasteiger partial charge in [-0.2, -0.15) is 0 Å². The number of carbonyl (C=O) groups is 3. The number of amides is 3. The summed E-state index contributed by atoms with van der Waals surface area (Å²) in [6.07, 6.45) is 2.18. The van der Waals surface area contributed by atoms with Crippen LogP contribution in [0.2, 0.25) is 0 Å². The average molecular weight is 464 g/mol. The first kappa shape index (κ1) is 25.5. The standard InChI is InChI=1S/C28H37N3O3/c1-5-24(21-11-7-6-8-12-21)28(34)31-16-14-23(15-17-31)29-27(33)25(19(2)3)30-26(32)22-13-9-10-20(4)18-22/h6-13,18-19,23-25H,5,14-17H2,1-4H3,(H,29,33)(H,30,32). The molecule has 34 heavy (non-hydrogen) atoms. The lowest BCUT2D eigenvalue weighted by Crippen LogP contribution is -2.54. The van der Waals surface area contributed by atoms with Crippen LogP contribution in [0.3, 0.4) is 0 Å². The van der Waals surface area contributed by atoms with Crippen molar-refractivity contribution in [1.29, 1.82) is 0 Å². The molecule has 1 saturated heterocycles. The average Bonchev–Trinajstić information content (AvgIpc) is 2.83. The van der Waals surface area contributed by atoms with Gasteiger partial charge in [-0.25, -0.2) is 0 Å². The van der Waals surface area contributed by atoms with Gasteiger partial charge in [0.15, 0.2) is 0 Å². The van der Waals surface area contributed by atoms with Crippen LogP contribution in [-0.4, -0.2) is 47.8 Å². The second-order valence-electron chi connectivity index (χ2n) is 9.54. The smallest absolute Gasteiger partial charge is 0.251 e. The van der Waals surface area contributed by atoms with Gasteiger partial charge >= 0.3 is 0 Å². The van der Waals surface area contributed by atoms with Crippen LogP contribution in [0.1, 0.15) is 67.4 Å². The summed E-state index contributed by atoms with van der Waals surface area (Å²) in [5.41, 5.74) is 2.60. The summed E-state index contributed by atoms with van der Waals surface area (Å²) >= 11 is 0. The maximum Gasteiger partial charge on any atom is 0.251 e. The van der Waals surface area contributed by atoms with E-state index >= 15 is 0 Å². The maximum absolute atomic E-state index is 13.1. The van der Waals surface area contributed by atoms with Gasteiger partial charge in [0.2, 0.25) is 11.8 Å². The number of nitrogens with one attached hydrogen (secondary N) is 2. The van der Waals surface area contributed by atoms with Crippen LogP contribution in [0.25, 0.3) is 0 Å². The molecule has 182 valence electrons. The van der Waals surface area contributed by atoms with Crippen LogP contribution in [0, 0.1) is 12.8 Å². The van der Waals surface area contributed by atoms with Gasteiger partial charge in [0.05, 0.1) is 5.92 Å². The molecule has 1 fully saturated rings. The van der Waals surface area contributed by atoms with Gasteiger partial charge in [0.25, 0.3) is 5.91 Å². The van der Waals surface area contributed by atoms with Crippen LogP contribution in [0.5, 0.6) is 0 Å². The molecule has 6 heteroatoms. The summed E-state index contributed by atoms with van der Waals surface area (Å²) in [5, 5.41) is 6.01. The normalized spacial score (nSPS) is 16.1. The number of benzene rings is 2. The fourth-order valence-electron chi connectivity index (χ4n) is 4.54. The molecular formula is C28H37N3O3. The van der Waals surface area contributed by atoms with Gasteiger partial charge in [-0.15, -0.1) is 0 Å². The Morgan fingerprint density at radius 1 is 1.00 bits per heavy atom. The third-order valence-corrected chi connectivity index (χ3v) is 6.58. The fraction of sp³-hybridized carbons (Fsp3) is 0.464. The minimum absolute atomic E-state index is 0.00882. The molecule has 0 saturated carbocycles. The molecule has 3 amide bonds. The predicted octanol–water partition coefficient (Wildman–Crippen LogP) is 4.05. The van der Waals surface area contributed by atoms with Crippen molar-refractivity contribution < 1.29 is 14.4 Å². The van der Waals surface area contributed by atoms with Gasteiger partial charge in [-0.1, -0.05) is 68.8 Å². The Morgan fingerprint density at radius 3 is 2.26 bits per heavy atom. The highest BCUT2D eigenvalue weighted by molar-refractivity contribution is 5.97. The van der Waals surface area contributed by atoms with Crippen molar-refractivity contribution >= 4 is 17.7 Å². The lowest BCUT2D eigenvalue weighted by molar-refractivity contribution is -0.134. The quantitative estimate of drug-likeness (QED) is 0.620. The number of likely N-dealkylation sites (tertiary alicyclic amines) is 1. The van der Waals surface area contributed by atoms with Gasteiger partial charge in [0.1, 0.15) is 6.04 Å². The zero-order valence-corrected chi connectivity index (χ0v) is 20.7. The first-order chi connectivity index (χ1) is 16.3. The Kier molecular flexibility index (Phi) is 8.85. The summed E-state index contributed by atoms with van der Waals surface area (Å²) in [4.78, 5) is 40.8. The van der Waals surface area contributed by atoms with Gasteiger partial charge in [-0.05, 0) is 49.8 Å². The van der Waals surface area contributed by atoms with Crippen LogP contribution >= 0.6 is 0 Å². The Morgan fingerprint density at radius 2 is 1.68 bits per heavy atom. The second-order valence-corrected chi connectivity index (χ2v) is 9.54. The topological polar surface area (TPSA) is 78.5 Å². The number of carbonyl (C=O) groups excluding carboxylic acids is 3. The molecule has 0 spiro atoms. The molecule has 2 N–H and O–H groups in total. The first-order valence-electron chi connectivity index (χ1n) is 12.3. The van der Waals surface area contributed by atoms with E-state index in [1.807, 2.05) is 81.1 Å². The van der Waals surface area contributed by atoms with Gasteiger partial charge in [-0.3, -0.25) is 14.4 Å². The predicted molar refractivity (Wildman–Crippen MR) is 134 cm³/mol. The van der Waals surface area contributed by atoms with Gasteiger partial charge < -0.3 is 15.5 Å². The highest BCUT2D eigenvalue weighted by atomic mass is 16.2. The molecule has 2 atom stereocenters. The number of nitrogens with zero attached hydrogens (tertiary/aromatic N) is 1. The highest BCUT2D eigenvalue weighted by Crippen LogP contribution is 2.24. The molecule has 6 nitrogen and oxygen atoms in total. The monoisotopic (exact) mass is 463 g/mol. The minimum Gasteiger partial charge on any atom is -0.351 e. The van der Waals surface area contributed by atoms with E-state index in [2.05, 4.69) is 10.6 Å². The summed E-state index contributed by atoms with van der Waals surface area (Å²) in [6, 6.07) is 16.6. The van der Waals surface area contributed by atoms with Crippen molar-refractivity contribution in [2.75, 3.05) is 13.1 Å². The molecule has 3 rings (SSSR count). The maximum atomic E-state index is 13.1. The third-order valence-electron chi connectivity index (χ3n) is 6.58. The first-order valence-corrected chi connectivity index (χ1v) is 12.3. The highest BCUT2D eigenvalue weighted by Gasteiger charge is 2.31. The summed E-state index contributed by atoms with van der Waals surface area (Å²) < 4.78 is 0. The summed E-state index contributed by atoms with van der Waals surface area (Å²) in [5.74, 6) is -0.439. The van der Waals surface area contributed by atoms with Crippen molar-refractivity contribution in [1.82, 2.24) is 15.5 Å². The van der Waals surface area contributed by atoms with E-state index in [0.29, 0.717) is 31.5 Å². The molecule has 0 aromatic heterocycles. The summed E-state index contributed by atoms with van der Waals surface area (Å²) in [6.45, 7) is 9.07. The molecule has 2 aromatic rings. The largest absolute Gasteiger partial charge is 0.351 e. The molecule has 0 radical (unpaired) electrons. The molecule has 2 aromatic carbocycles. The van der Waals surface area contributed by atoms with Crippen LogP contribution in [0.4, 0.5) is 0 Å². The number of hydrogen-bond acceptors (Lipinski definition) is 3. The van der Waals surface area contributed by atoms with Crippen molar-refractivity contribution in [2.24, 2.45) is 5.92 Å². The number of rotatable bonds is 8. The van der Waals surface area contributed by atoms with Crippen LogP contribution in [-0.2, 0) is 9.59 Å². The van der Waals surface area contributed by atoms with E-state index in [1.165, 1.54) is 0 Å². The van der Waals surface area contributed by atoms with Crippen molar-refractivity contribution in [2.45, 2.75) is 65.0 Å². The van der Waals surface area contributed by atoms with E-state index in [-0.39, 0.29) is 35.6 Å². The molecular weight excluding hydrogens is 426 g/mol. The third kappa shape index (κ3) is 6.46. The van der Waals surface area contributed by atoms with Crippen LogP contribution < -0.4 is 10.6 Å². The Hall–Kier alpha value is -3.15. The Bertz CT molecular complexity index is 981. The van der Waals surface area contributed by atoms with Crippen molar-refractivity contribution in [3.63, 3.8) is 0 Å². The van der Waals surface area contributed by atoms with E-state index in [0.717, 1.165) is 17.5 Å². The van der Waals surface area contributed by atoms with E-state index in [1.54, 1.807) is 6.07 Å². The van der Waals surface area contributed by atoms with Crippen molar-refractivity contribution in [3.8, 4) is 0 Å². The molecule has 0 bridgehead atoms. The lowest BCUT2D eigenvalue weighted by Gasteiger charge is -2.35. The molecule has 1 aliphatic heterocycles. The van der Waals surface area contributed by atoms with Crippen molar-refractivity contribution in [3.05, 3.63) is 71.3 Å². The number of aryl methyl sites for hydroxylation is 1. The minimum atomic E-state index is -0.616. The SMILES string of the molecule is CCC(C(=O)N1CCC(NC(=O)C(NC(=O)c2cccc(C)c2)C(C)C)CC1)c1ccccc1. The van der Waals surface area contributed by atoms with E-state index < -0.39 is 6.04 Å². The molecule has 1 aliphatic rings. The van der Waals surface area contributed by atoms with Gasteiger partial charge in [0, 0.05) is 24.7 Å².